The van der Waals surface area contributed by atoms with Gasteiger partial charge in [0.25, 0.3) is 0 Å². The number of nitrogens with one attached hydrogen (secondary N) is 1. The zero-order valence-electron chi connectivity index (χ0n) is 9.31. The first-order valence-corrected chi connectivity index (χ1v) is 6.17. The third-order valence-corrected chi connectivity index (χ3v) is 2.42. The Labute approximate surface area is 123 Å². The van der Waals surface area contributed by atoms with Crippen LogP contribution in [0.5, 0.6) is 0 Å². The summed E-state index contributed by atoms with van der Waals surface area (Å²) in [7, 11) is 0. The van der Waals surface area contributed by atoms with Crippen LogP contribution in [0.15, 0.2) is 24.3 Å². The fourth-order valence-electron chi connectivity index (χ4n) is 1.27. The maximum Gasteiger partial charge on any atom is 0.338 e. The molecule has 1 N–H and O–H groups in total. The number of alkyl halides is 3. The molecule has 0 unspecified atom stereocenters. The van der Waals surface area contributed by atoms with Gasteiger partial charge < -0.3 is 4.74 Å². The normalized spacial score (nSPS) is 11.3. The monoisotopic (exact) mass is 320 g/mol. The van der Waals surface area contributed by atoms with E-state index in [-0.39, 0.29) is 6.61 Å². The lowest BCUT2D eigenvalue weighted by Crippen LogP contribution is -2.17. The van der Waals surface area contributed by atoms with Crippen LogP contribution in [0.4, 0.5) is 0 Å². The van der Waals surface area contributed by atoms with E-state index in [1.807, 2.05) is 0 Å². The van der Waals surface area contributed by atoms with E-state index in [0.29, 0.717) is 17.0 Å². The predicted molar refractivity (Wildman–Crippen MR) is 70.2 cm³/mol. The number of tetrazole rings is 1. The van der Waals surface area contributed by atoms with Gasteiger partial charge in [0.05, 0.1) is 5.56 Å². The predicted octanol–water partition coefficient (Wildman–Crippen LogP) is 2.39. The third kappa shape index (κ3) is 4.05. The van der Waals surface area contributed by atoms with Gasteiger partial charge in [-0.05, 0) is 17.3 Å². The van der Waals surface area contributed by atoms with E-state index in [9.17, 15) is 4.79 Å². The summed E-state index contributed by atoms with van der Waals surface area (Å²) in [5.41, 5.74) is 1.05. The highest BCUT2D eigenvalue weighted by Gasteiger charge is 2.22. The van der Waals surface area contributed by atoms with Crippen molar-refractivity contribution in [1.82, 2.24) is 20.6 Å². The summed E-state index contributed by atoms with van der Waals surface area (Å²) in [5, 5.41) is 13.4. The molecule has 6 nitrogen and oxygen atoms in total. The van der Waals surface area contributed by atoms with Crippen LogP contribution >= 0.6 is 34.8 Å². The number of ether oxygens (including phenoxy) is 1. The van der Waals surface area contributed by atoms with Crippen molar-refractivity contribution in [2.75, 3.05) is 6.61 Å². The SMILES string of the molecule is O=C(OCC(Cl)(Cl)Cl)c1ccc(-c2nn[nH]n2)cc1. The molecule has 0 spiro atoms. The fourth-order valence-corrected chi connectivity index (χ4v) is 1.43. The number of hydrogen-bond donors (Lipinski definition) is 1. The lowest BCUT2D eigenvalue weighted by Gasteiger charge is -2.11. The van der Waals surface area contributed by atoms with Gasteiger partial charge in [0.15, 0.2) is 0 Å². The highest BCUT2D eigenvalue weighted by Crippen LogP contribution is 2.26. The molecule has 0 bridgehead atoms. The van der Waals surface area contributed by atoms with E-state index in [2.05, 4.69) is 20.6 Å². The molecule has 0 atom stereocenters. The first-order chi connectivity index (χ1) is 8.96. The summed E-state index contributed by atoms with van der Waals surface area (Å²) >= 11 is 16.5. The van der Waals surface area contributed by atoms with Crippen LogP contribution in [0.2, 0.25) is 0 Å². The van der Waals surface area contributed by atoms with E-state index >= 15 is 0 Å². The topological polar surface area (TPSA) is 80.8 Å². The van der Waals surface area contributed by atoms with E-state index in [0.717, 1.165) is 0 Å². The third-order valence-electron chi connectivity index (χ3n) is 2.09. The van der Waals surface area contributed by atoms with Gasteiger partial charge in [-0.3, -0.25) is 0 Å². The molecule has 1 aromatic carbocycles. The molecule has 19 heavy (non-hydrogen) atoms. The summed E-state index contributed by atoms with van der Waals surface area (Å²) in [6.45, 7) is -0.316. The smallest absolute Gasteiger partial charge is 0.338 e. The Bertz CT molecular complexity index is 551. The quantitative estimate of drug-likeness (QED) is 0.693. The lowest BCUT2D eigenvalue weighted by molar-refractivity contribution is 0.0512. The van der Waals surface area contributed by atoms with Crippen molar-refractivity contribution >= 4 is 40.8 Å². The standard InChI is InChI=1S/C10H7Cl3N4O2/c11-10(12,13)5-19-9(18)7-3-1-6(2-4-7)8-14-16-17-15-8/h1-4H,5H2,(H,14,15,16,17). The molecular weight excluding hydrogens is 314 g/mol. The summed E-state index contributed by atoms with van der Waals surface area (Å²) < 4.78 is 3.21. The van der Waals surface area contributed by atoms with Gasteiger partial charge >= 0.3 is 5.97 Å². The molecule has 2 aromatic rings. The summed E-state index contributed by atoms with van der Waals surface area (Å²) in [5.74, 6) is -0.146. The van der Waals surface area contributed by atoms with Crippen LogP contribution in [0.1, 0.15) is 10.4 Å². The molecule has 0 radical (unpaired) electrons. The number of carbonyl (C=O) groups is 1. The number of carbonyl (C=O) groups excluding carboxylic acids is 1. The highest BCUT2D eigenvalue weighted by atomic mass is 35.6. The van der Waals surface area contributed by atoms with Crippen molar-refractivity contribution in [3.63, 3.8) is 0 Å². The summed E-state index contributed by atoms with van der Waals surface area (Å²) in [4.78, 5) is 11.6. The van der Waals surface area contributed by atoms with Crippen molar-refractivity contribution in [2.24, 2.45) is 0 Å². The molecule has 9 heteroatoms. The van der Waals surface area contributed by atoms with Gasteiger partial charge in [-0.1, -0.05) is 46.9 Å². The Kier molecular flexibility index (Phi) is 4.24. The zero-order valence-corrected chi connectivity index (χ0v) is 11.6. The summed E-state index contributed by atoms with van der Waals surface area (Å²) in [6, 6.07) is 6.45. The van der Waals surface area contributed by atoms with Crippen molar-refractivity contribution in [3.8, 4) is 11.4 Å². The molecule has 1 heterocycles. The molecular formula is C10H7Cl3N4O2. The zero-order chi connectivity index (χ0) is 13.9. The molecule has 0 aliphatic rings. The number of aromatic amines is 1. The van der Waals surface area contributed by atoms with E-state index in [1.54, 1.807) is 24.3 Å². The number of H-pyrrole nitrogens is 1. The number of hydrogen-bond acceptors (Lipinski definition) is 5. The molecule has 0 fully saturated rings. The van der Waals surface area contributed by atoms with Crippen LogP contribution in [0.3, 0.4) is 0 Å². The maximum absolute atomic E-state index is 11.6. The largest absolute Gasteiger partial charge is 0.458 e. The number of rotatable bonds is 3. The number of benzene rings is 1. The van der Waals surface area contributed by atoms with Gasteiger partial charge in [-0.2, -0.15) is 5.21 Å². The maximum atomic E-state index is 11.6. The molecule has 2 rings (SSSR count). The Morgan fingerprint density at radius 1 is 1.26 bits per heavy atom. The molecule has 0 saturated carbocycles. The van der Waals surface area contributed by atoms with Crippen molar-refractivity contribution in [2.45, 2.75) is 3.79 Å². The second kappa shape index (κ2) is 5.73. The van der Waals surface area contributed by atoms with Gasteiger partial charge in [0, 0.05) is 5.56 Å². The molecule has 0 saturated heterocycles. The number of aromatic nitrogens is 4. The van der Waals surface area contributed by atoms with Gasteiger partial charge in [0.2, 0.25) is 9.62 Å². The minimum absolute atomic E-state index is 0.316. The molecule has 0 amide bonds. The van der Waals surface area contributed by atoms with Crippen molar-refractivity contribution in [1.29, 1.82) is 0 Å². The minimum atomic E-state index is -1.62. The average molecular weight is 322 g/mol. The average Bonchev–Trinajstić information content (AvgIpc) is 2.89. The second-order valence-corrected chi connectivity index (χ2v) is 6.02. The second-order valence-electron chi connectivity index (χ2n) is 3.50. The van der Waals surface area contributed by atoms with Crippen LogP contribution < -0.4 is 0 Å². The van der Waals surface area contributed by atoms with Crippen molar-refractivity contribution < 1.29 is 9.53 Å². The molecule has 1 aromatic heterocycles. The highest BCUT2D eigenvalue weighted by molar-refractivity contribution is 6.67. The minimum Gasteiger partial charge on any atom is -0.458 e. The Hall–Kier alpha value is -1.37. The molecule has 100 valence electrons. The number of esters is 1. The molecule has 0 aliphatic carbocycles. The fraction of sp³-hybridized carbons (Fsp3) is 0.200. The van der Waals surface area contributed by atoms with Gasteiger partial charge in [-0.15, -0.1) is 10.2 Å². The van der Waals surface area contributed by atoms with E-state index in [1.165, 1.54) is 0 Å². The van der Waals surface area contributed by atoms with Crippen LogP contribution in [0, 0.1) is 0 Å². The Morgan fingerprint density at radius 2 is 1.95 bits per heavy atom. The Balaban J connectivity index is 2.04. The van der Waals surface area contributed by atoms with Crippen LogP contribution in [-0.2, 0) is 4.74 Å². The van der Waals surface area contributed by atoms with Crippen molar-refractivity contribution in [3.05, 3.63) is 29.8 Å². The van der Waals surface area contributed by atoms with Crippen LogP contribution in [0.25, 0.3) is 11.4 Å². The summed E-state index contributed by atoms with van der Waals surface area (Å²) in [6.07, 6.45) is 0. The van der Waals surface area contributed by atoms with Gasteiger partial charge in [0.1, 0.15) is 6.61 Å². The lowest BCUT2D eigenvalue weighted by atomic mass is 10.1. The number of halogens is 3. The first kappa shape index (κ1) is 14.0. The first-order valence-electron chi connectivity index (χ1n) is 5.03. The Morgan fingerprint density at radius 3 is 2.47 bits per heavy atom. The van der Waals surface area contributed by atoms with Gasteiger partial charge in [-0.25, -0.2) is 4.79 Å². The van der Waals surface area contributed by atoms with E-state index in [4.69, 9.17) is 39.5 Å². The van der Waals surface area contributed by atoms with E-state index < -0.39 is 9.76 Å². The molecule has 0 aliphatic heterocycles. The number of nitrogens with zero attached hydrogens (tertiary/aromatic N) is 3. The van der Waals surface area contributed by atoms with Crippen LogP contribution in [-0.4, -0.2) is 37.0 Å².